The number of carbonyl (C=O) groups excluding carboxylic acids is 1. The molecule has 0 spiro atoms. The van der Waals surface area contributed by atoms with Gasteiger partial charge in [0.2, 0.25) is 5.89 Å². The van der Waals surface area contributed by atoms with Gasteiger partial charge in [0.25, 0.3) is 5.91 Å². The van der Waals surface area contributed by atoms with E-state index < -0.39 is 0 Å². The Morgan fingerprint density at radius 3 is 2.96 bits per heavy atom. The first-order chi connectivity index (χ1) is 11.0. The summed E-state index contributed by atoms with van der Waals surface area (Å²) in [7, 11) is 1.83. The predicted octanol–water partition coefficient (Wildman–Crippen LogP) is 1.58. The maximum absolute atomic E-state index is 12.9. The number of piperidine rings is 1. The van der Waals surface area contributed by atoms with Crippen molar-refractivity contribution in [2.75, 3.05) is 13.1 Å². The molecule has 2 aromatic rings. The molecule has 3 heterocycles. The summed E-state index contributed by atoms with van der Waals surface area (Å²) in [4.78, 5) is 19.2. The molecule has 0 aromatic carbocycles. The molecule has 23 heavy (non-hydrogen) atoms. The number of carbonyl (C=O) groups is 1. The second-order valence-electron chi connectivity index (χ2n) is 6.25. The minimum atomic E-state index is -0.0941. The van der Waals surface area contributed by atoms with Gasteiger partial charge < -0.3 is 15.1 Å². The summed E-state index contributed by atoms with van der Waals surface area (Å²) in [5.41, 5.74) is 7.02. The van der Waals surface area contributed by atoms with Crippen molar-refractivity contribution in [3.63, 3.8) is 0 Å². The van der Waals surface area contributed by atoms with E-state index in [-0.39, 0.29) is 11.9 Å². The van der Waals surface area contributed by atoms with Crippen LogP contribution in [0.3, 0.4) is 0 Å². The number of amides is 1. The molecular formula is C16H23N5O2. The molecule has 7 nitrogen and oxygen atoms in total. The lowest BCUT2D eigenvalue weighted by atomic mass is 9.90. The second kappa shape index (κ2) is 6.16. The standard InChI is InChI=1S/C16H23N5O2/c1-10-5-4-6-21(13(10)7-17)16(22)14-11(2)23-15(19-14)12-8-18-20(3)9-12/h8-10,13H,4-7,17H2,1-3H3/t10-,13-/m0/s1. The maximum Gasteiger partial charge on any atom is 0.276 e. The Bertz CT molecular complexity index is 705. The van der Waals surface area contributed by atoms with E-state index in [4.69, 9.17) is 10.2 Å². The van der Waals surface area contributed by atoms with Crippen molar-refractivity contribution in [3.05, 3.63) is 23.8 Å². The number of hydrogen-bond donors (Lipinski definition) is 1. The topological polar surface area (TPSA) is 90.2 Å². The van der Waals surface area contributed by atoms with Crippen LogP contribution in [0, 0.1) is 12.8 Å². The van der Waals surface area contributed by atoms with Crippen molar-refractivity contribution in [1.29, 1.82) is 0 Å². The minimum Gasteiger partial charge on any atom is -0.440 e. The van der Waals surface area contributed by atoms with Gasteiger partial charge in [-0.05, 0) is 25.7 Å². The first-order valence-corrected chi connectivity index (χ1v) is 7.98. The molecule has 124 valence electrons. The highest BCUT2D eigenvalue weighted by Gasteiger charge is 2.33. The second-order valence-corrected chi connectivity index (χ2v) is 6.25. The number of nitrogens with two attached hydrogens (primary N) is 1. The lowest BCUT2D eigenvalue weighted by molar-refractivity contribution is 0.0525. The number of rotatable bonds is 3. The van der Waals surface area contributed by atoms with Crippen LogP contribution >= 0.6 is 0 Å². The van der Waals surface area contributed by atoms with E-state index in [1.54, 1.807) is 17.8 Å². The SMILES string of the molecule is Cc1oc(-c2cnn(C)c2)nc1C(=O)N1CCC[C@H](C)[C@@H]1CN. The highest BCUT2D eigenvalue weighted by atomic mass is 16.4. The van der Waals surface area contributed by atoms with Crippen LogP contribution in [0.2, 0.25) is 0 Å². The molecular weight excluding hydrogens is 294 g/mol. The summed E-state index contributed by atoms with van der Waals surface area (Å²) in [5, 5.41) is 4.11. The van der Waals surface area contributed by atoms with E-state index in [0.717, 1.165) is 24.9 Å². The van der Waals surface area contributed by atoms with Gasteiger partial charge in [-0.3, -0.25) is 9.48 Å². The third-order valence-electron chi connectivity index (χ3n) is 4.57. The molecule has 3 rings (SSSR count). The first-order valence-electron chi connectivity index (χ1n) is 7.98. The number of oxazole rings is 1. The summed E-state index contributed by atoms with van der Waals surface area (Å²) < 4.78 is 7.35. The van der Waals surface area contributed by atoms with Crippen LogP contribution in [0.15, 0.2) is 16.8 Å². The third kappa shape index (κ3) is 2.88. The number of nitrogens with zero attached hydrogens (tertiary/aromatic N) is 4. The number of aromatic nitrogens is 3. The van der Waals surface area contributed by atoms with Crippen LogP contribution in [0.4, 0.5) is 0 Å². The zero-order valence-electron chi connectivity index (χ0n) is 13.8. The van der Waals surface area contributed by atoms with E-state index in [1.165, 1.54) is 0 Å². The summed E-state index contributed by atoms with van der Waals surface area (Å²) >= 11 is 0. The average molecular weight is 317 g/mol. The molecule has 1 amide bonds. The number of aryl methyl sites for hydroxylation is 2. The summed E-state index contributed by atoms with van der Waals surface area (Å²) in [6.07, 6.45) is 5.58. The molecule has 2 N–H and O–H groups in total. The fraction of sp³-hybridized carbons (Fsp3) is 0.562. The minimum absolute atomic E-state index is 0.0641. The summed E-state index contributed by atoms with van der Waals surface area (Å²) in [6, 6.07) is 0.0641. The van der Waals surface area contributed by atoms with Gasteiger partial charge in [0.05, 0.1) is 11.8 Å². The summed E-state index contributed by atoms with van der Waals surface area (Å²) in [5.74, 6) is 1.27. The lowest BCUT2D eigenvalue weighted by Gasteiger charge is -2.39. The lowest BCUT2D eigenvalue weighted by Crippen LogP contribution is -2.51. The number of hydrogen-bond acceptors (Lipinski definition) is 5. The largest absolute Gasteiger partial charge is 0.440 e. The molecule has 7 heteroatoms. The maximum atomic E-state index is 12.9. The van der Waals surface area contributed by atoms with E-state index in [2.05, 4.69) is 17.0 Å². The van der Waals surface area contributed by atoms with Crippen molar-refractivity contribution in [2.24, 2.45) is 18.7 Å². The van der Waals surface area contributed by atoms with Crippen LogP contribution in [0.1, 0.15) is 36.0 Å². The van der Waals surface area contributed by atoms with Gasteiger partial charge in [-0.25, -0.2) is 4.98 Å². The molecule has 1 fully saturated rings. The van der Waals surface area contributed by atoms with Gasteiger partial charge in [0.1, 0.15) is 5.76 Å². The van der Waals surface area contributed by atoms with E-state index in [0.29, 0.717) is 29.8 Å². The van der Waals surface area contributed by atoms with Gasteiger partial charge >= 0.3 is 0 Å². The molecule has 0 bridgehead atoms. The predicted molar refractivity (Wildman–Crippen MR) is 85.7 cm³/mol. The monoisotopic (exact) mass is 317 g/mol. The van der Waals surface area contributed by atoms with Crippen LogP contribution in [0.25, 0.3) is 11.5 Å². The molecule has 1 saturated heterocycles. The average Bonchev–Trinajstić information content (AvgIpc) is 3.12. The Balaban J connectivity index is 1.89. The van der Waals surface area contributed by atoms with Gasteiger partial charge in [-0.1, -0.05) is 6.92 Å². The molecule has 0 radical (unpaired) electrons. The van der Waals surface area contributed by atoms with Crippen LogP contribution in [-0.4, -0.2) is 44.7 Å². The summed E-state index contributed by atoms with van der Waals surface area (Å²) in [6.45, 7) is 5.11. The van der Waals surface area contributed by atoms with E-state index in [9.17, 15) is 4.79 Å². The molecule has 0 unspecified atom stereocenters. The van der Waals surface area contributed by atoms with Gasteiger partial charge in [-0.15, -0.1) is 0 Å². The molecule has 1 aliphatic heterocycles. The van der Waals surface area contributed by atoms with Crippen molar-refractivity contribution in [1.82, 2.24) is 19.7 Å². The van der Waals surface area contributed by atoms with Crippen molar-refractivity contribution >= 4 is 5.91 Å². The van der Waals surface area contributed by atoms with Crippen molar-refractivity contribution in [3.8, 4) is 11.5 Å². The normalized spacial score (nSPS) is 21.7. The fourth-order valence-corrected chi connectivity index (χ4v) is 3.25. The van der Waals surface area contributed by atoms with Gasteiger partial charge in [0, 0.05) is 32.4 Å². The van der Waals surface area contributed by atoms with Crippen molar-refractivity contribution < 1.29 is 9.21 Å². The Morgan fingerprint density at radius 2 is 2.30 bits per heavy atom. The zero-order chi connectivity index (χ0) is 16.6. The highest BCUT2D eigenvalue weighted by Crippen LogP contribution is 2.27. The fourth-order valence-electron chi connectivity index (χ4n) is 3.25. The molecule has 2 atom stereocenters. The van der Waals surface area contributed by atoms with Crippen LogP contribution in [0.5, 0.6) is 0 Å². The van der Waals surface area contributed by atoms with Crippen LogP contribution < -0.4 is 5.73 Å². The smallest absolute Gasteiger partial charge is 0.276 e. The Kier molecular flexibility index (Phi) is 4.21. The van der Waals surface area contributed by atoms with E-state index >= 15 is 0 Å². The molecule has 0 saturated carbocycles. The van der Waals surface area contributed by atoms with Crippen LogP contribution in [-0.2, 0) is 7.05 Å². The number of likely N-dealkylation sites (tertiary alicyclic amines) is 1. The highest BCUT2D eigenvalue weighted by molar-refractivity contribution is 5.94. The molecule has 0 aliphatic carbocycles. The van der Waals surface area contributed by atoms with Gasteiger partial charge in [0.15, 0.2) is 5.69 Å². The van der Waals surface area contributed by atoms with E-state index in [1.807, 2.05) is 18.1 Å². The first kappa shape index (κ1) is 15.7. The Labute approximate surface area is 135 Å². The molecule has 1 aliphatic rings. The Hall–Kier alpha value is -2.15. The Morgan fingerprint density at radius 1 is 1.52 bits per heavy atom. The third-order valence-corrected chi connectivity index (χ3v) is 4.57. The van der Waals surface area contributed by atoms with Crippen molar-refractivity contribution in [2.45, 2.75) is 32.7 Å². The quantitative estimate of drug-likeness (QED) is 0.928. The zero-order valence-corrected chi connectivity index (χ0v) is 13.8. The molecule has 2 aromatic heterocycles. The van der Waals surface area contributed by atoms with Gasteiger partial charge in [-0.2, -0.15) is 5.10 Å².